The van der Waals surface area contributed by atoms with Gasteiger partial charge in [-0.15, -0.1) is 0 Å². The lowest BCUT2D eigenvalue weighted by Crippen LogP contribution is -2.41. The van der Waals surface area contributed by atoms with Crippen LogP contribution in [0, 0.1) is 5.41 Å². The molecule has 2 heterocycles. The van der Waals surface area contributed by atoms with Crippen molar-refractivity contribution >= 4 is 28.6 Å². The first-order valence-corrected chi connectivity index (χ1v) is 9.92. The van der Waals surface area contributed by atoms with Crippen LogP contribution in [0.3, 0.4) is 0 Å². The molecule has 1 fully saturated rings. The molecule has 6 heteroatoms. The molecule has 1 saturated heterocycles. The number of hydrogen-bond acceptors (Lipinski definition) is 5. The topological polar surface area (TPSA) is 82.2 Å². The molecule has 4 N–H and O–H groups in total. The van der Waals surface area contributed by atoms with Crippen LogP contribution in [0.25, 0.3) is 11.1 Å². The Bertz CT molecular complexity index is 787. The van der Waals surface area contributed by atoms with Gasteiger partial charge in [-0.3, -0.25) is 10.2 Å². The van der Waals surface area contributed by atoms with E-state index < -0.39 is 0 Å². The molecule has 3 rings (SSSR count). The molecule has 1 aliphatic heterocycles. The van der Waals surface area contributed by atoms with Gasteiger partial charge in [0.25, 0.3) is 5.91 Å². The normalized spacial score (nSPS) is 18.6. The number of thiophene rings is 1. The summed E-state index contributed by atoms with van der Waals surface area (Å²) in [7, 11) is 2.13. The number of anilines is 1. The summed E-state index contributed by atoms with van der Waals surface area (Å²) < 4.78 is 0. The molecule has 0 spiro atoms. The van der Waals surface area contributed by atoms with Crippen molar-refractivity contribution in [3.63, 3.8) is 0 Å². The molecule has 2 unspecified atom stereocenters. The van der Waals surface area contributed by atoms with Crippen LogP contribution in [0.1, 0.15) is 31.7 Å². The van der Waals surface area contributed by atoms with E-state index in [9.17, 15) is 4.79 Å². The highest BCUT2D eigenvalue weighted by Crippen LogP contribution is 2.26. The highest BCUT2D eigenvalue weighted by molar-refractivity contribution is 7.08. The molecule has 5 nitrogen and oxygen atoms in total. The lowest BCUT2D eigenvalue weighted by atomic mass is 10.0. The van der Waals surface area contributed by atoms with Crippen LogP contribution in [0.15, 0.2) is 35.0 Å². The Labute approximate surface area is 158 Å². The highest BCUT2D eigenvalue weighted by atomic mass is 32.1. The van der Waals surface area contributed by atoms with E-state index in [1.54, 1.807) is 17.4 Å². The van der Waals surface area contributed by atoms with Gasteiger partial charge in [-0.05, 0) is 79.9 Å². The molecular weight excluding hydrogens is 344 g/mol. The zero-order chi connectivity index (χ0) is 18.7. The van der Waals surface area contributed by atoms with Crippen molar-refractivity contribution in [2.24, 2.45) is 0 Å². The minimum absolute atomic E-state index is 0.0275. The fourth-order valence-electron chi connectivity index (χ4n) is 3.56. The Kier molecular flexibility index (Phi) is 5.74. The van der Waals surface area contributed by atoms with Crippen molar-refractivity contribution in [2.75, 3.05) is 19.3 Å². The van der Waals surface area contributed by atoms with Crippen LogP contribution >= 0.6 is 11.3 Å². The molecule has 1 aromatic carbocycles. The number of carbonyl (C=O) groups excluding carboxylic acids is 1. The number of carbonyl (C=O) groups is 1. The molecule has 26 heavy (non-hydrogen) atoms. The van der Waals surface area contributed by atoms with E-state index >= 15 is 0 Å². The summed E-state index contributed by atoms with van der Waals surface area (Å²) >= 11 is 1.62. The van der Waals surface area contributed by atoms with Gasteiger partial charge in [-0.25, -0.2) is 0 Å². The van der Waals surface area contributed by atoms with E-state index in [0.29, 0.717) is 17.3 Å². The first kappa shape index (κ1) is 18.6. The van der Waals surface area contributed by atoms with Gasteiger partial charge >= 0.3 is 0 Å². The first-order chi connectivity index (χ1) is 12.5. The smallest absolute Gasteiger partial charge is 0.270 e. The molecule has 1 amide bonds. The van der Waals surface area contributed by atoms with Gasteiger partial charge < -0.3 is 16.0 Å². The van der Waals surface area contributed by atoms with E-state index in [1.165, 1.54) is 12.8 Å². The number of benzene rings is 1. The molecule has 1 aromatic heterocycles. The predicted molar refractivity (Wildman–Crippen MR) is 109 cm³/mol. The number of likely N-dealkylation sites (tertiary alicyclic amines) is 1. The van der Waals surface area contributed by atoms with Crippen molar-refractivity contribution in [1.82, 2.24) is 10.2 Å². The third kappa shape index (κ3) is 4.14. The lowest BCUT2D eigenvalue weighted by Gasteiger charge is -2.23. The number of nitrogens with two attached hydrogens (primary N) is 1. The third-order valence-electron chi connectivity index (χ3n) is 5.08. The fourth-order valence-corrected chi connectivity index (χ4v) is 4.23. The summed E-state index contributed by atoms with van der Waals surface area (Å²) in [4.78, 5) is 14.8. The second-order valence-corrected chi connectivity index (χ2v) is 7.86. The van der Waals surface area contributed by atoms with Crippen LogP contribution in [0.5, 0.6) is 0 Å². The van der Waals surface area contributed by atoms with E-state index in [4.69, 9.17) is 11.1 Å². The van der Waals surface area contributed by atoms with Crippen molar-refractivity contribution in [1.29, 1.82) is 5.41 Å². The predicted octanol–water partition coefficient (Wildman–Crippen LogP) is 3.35. The summed E-state index contributed by atoms with van der Waals surface area (Å²) in [6.07, 6.45) is 3.29. The Morgan fingerprint density at radius 3 is 2.85 bits per heavy atom. The molecule has 0 aliphatic carbocycles. The van der Waals surface area contributed by atoms with Gasteiger partial charge in [-0.2, -0.15) is 11.3 Å². The number of amides is 1. The Morgan fingerprint density at radius 1 is 1.42 bits per heavy atom. The zero-order valence-electron chi connectivity index (χ0n) is 15.3. The van der Waals surface area contributed by atoms with Gasteiger partial charge in [-0.1, -0.05) is 6.07 Å². The van der Waals surface area contributed by atoms with Crippen molar-refractivity contribution in [3.05, 3.63) is 40.6 Å². The minimum Gasteiger partial charge on any atom is -0.398 e. The van der Waals surface area contributed by atoms with E-state index in [1.807, 2.05) is 35.9 Å². The zero-order valence-corrected chi connectivity index (χ0v) is 16.1. The molecule has 0 bridgehead atoms. The van der Waals surface area contributed by atoms with Gasteiger partial charge in [0.1, 0.15) is 5.71 Å². The second kappa shape index (κ2) is 8.01. The maximum absolute atomic E-state index is 12.5. The largest absolute Gasteiger partial charge is 0.398 e. The molecule has 138 valence electrons. The fraction of sp³-hybridized carbons (Fsp3) is 0.400. The van der Waals surface area contributed by atoms with Crippen molar-refractivity contribution < 1.29 is 4.79 Å². The van der Waals surface area contributed by atoms with Gasteiger partial charge in [0, 0.05) is 23.3 Å². The lowest BCUT2D eigenvalue weighted by molar-refractivity contribution is -0.115. The van der Waals surface area contributed by atoms with Crippen LogP contribution in [-0.2, 0) is 4.79 Å². The molecule has 2 atom stereocenters. The van der Waals surface area contributed by atoms with Crippen LogP contribution in [0.4, 0.5) is 5.69 Å². The number of nitrogen functional groups attached to an aromatic ring is 1. The van der Waals surface area contributed by atoms with Crippen LogP contribution in [-0.4, -0.2) is 42.2 Å². The quantitative estimate of drug-likeness (QED) is 0.539. The Balaban J connectivity index is 1.63. The monoisotopic (exact) mass is 370 g/mol. The van der Waals surface area contributed by atoms with Gasteiger partial charge in [0.05, 0.1) is 0 Å². The van der Waals surface area contributed by atoms with Crippen LogP contribution < -0.4 is 11.1 Å². The summed E-state index contributed by atoms with van der Waals surface area (Å²) in [6, 6.07) is 8.07. The average molecular weight is 371 g/mol. The van der Waals surface area contributed by atoms with E-state index in [2.05, 4.69) is 17.3 Å². The van der Waals surface area contributed by atoms with Crippen molar-refractivity contribution in [2.45, 2.75) is 38.3 Å². The molecule has 2 aromatic rings. The Morgan fingerprint density at radius 2 is 2.23 bits per heavy atom. The minimum atomic E-state index is -0.367. The SMILES string of the molecule is CC(CC1CCCN1C)NC(=O)C(=N)c1ccc(-c2ccsc2)cc1N. The number of nitrogens with one attached hydrogen (secondary N) is 2. The first-order valence-electron chi connectivity index (χ1n) is 8.98. The molecule has 0 saturated carbocycles. The van der Waals surface area contributed by atoms with Crippen molar-refractivity contribution in [3.8, 4) is 11.1 Å². The van der Waals surface area contributed by atoms with Gasteiger partial charge in [0.15, 0.2) is 0 Å². The number of rotatable bonds is 6. The molecule has 1 aliphatic rings. The maximum atomic E-state index is 12.5. The summed E-state index contributed by atoms with van der Waals surface area (Å²) in [6.45, 7) is 3.12. The number of hydrogen-bond donors (Lipinski definition) is 3. The molecular formula is C20H26N4OS. The second-order valence-electron chi connectivity index (χ2n) is 7.08. The average Bonchev–Trinajstić information content (AvgIpc) is 3.26. The maximum Gasteiger partial charge on any atom is 0.270 e. The summed E-state index contributed by atoms with van der Waals surface area (Å²) in [5.41, 5.74) is 9.07. The highest BCUT2D eigenvalue weighted by Gasteiger charge is 2.24. The van der Waals surface area contributed by atoms with E-state index in [-0.39, 0.29) is 17.7 Å². The van der Waals surface area contributed by atoms with Crippen LogP contribution in [0.2, 0.25) is 0 Å². The third-order valence-corrected chi connectivity index (χ3v) is 5.76. The van der Waals surface area contributed by atoms with E-state index in [0.717, 1.165) is 24.1 Å². The Hall–Kier alpha value is -2.18. The van der Waals surface area contributed by atoms with Gasteiger partial charge in [0.2, 0.25) is 0 Å². The number of nitrogens with zero attached hydrogens (tertiary/aromatic N) is 1. The molecule has 0 radical (unpaired) electrons. The summed E-state index contributed by atoms with van der Waals surface area (Å²) in [5.74, 6) is -0.367. The summed E-state index contributed by atoms with van der Waals surface area (Å²) in [5, 5.41) is 15.3. The standard InChI is InChI=1S/C20H26N4OS/c1-13(10-16-4-3-8-24(16)2)23-20(25)19(22)17-6-5-14(11-18(17)21)15-7-9-26-12-15/h5-7,9,11-13,16,22H,3-4,8,10,21H2,1-2H3,(H,23,25).